The lowest BCUT2D eigenvalue weighted by molar-refractivity contribution is 0.355. The van der Waals surface area contributed by atoms with Gasteiger partial charge in [0, 0.05) is 24.2 Å². The predicted octanol–water partition coefficient (Wildman–Crippen LogP) is 2.03. The van der Waals surface area contributed by atoms with Crippen LogP contribution in [0.15, 0.2) is 47.7 Å². The maximum Gasteiger partial charge on any atom is 0.123 e. The maximum absolute atomic E-state index is 5.77. The van der Waals surface area contributed by atoms with E-state index in [-0.39, 0.29) is 0 Å². The Labute approximate surface area is 89.3 Å². The van der Waals surface area contributed by atoms with Crippen molar-refractivity contribution in [2.24, 2.45) is 0 Å². The third kappa shape index (κ3) is 1.52. The summed E-state index contributed by atoms with van der Waals surface area (Å²) in [6.07, 6.45) is 5.26. The highest BCUT2D eigenvalue weighted by molar-refractivity contribution is 5.42. The Kier molecular flexibility index (Phi) is 1.98. The molecule has 0 unspecified atom stereocenters. The summed E-state index contributed by atoms with van der Waals surface area (Å²) in [5, 5.41) is 3.41. The molecule has 2 nitrogen and oxygen atoms in total. The fourth-order valence-corrected chi connectivity index (χ4v) is 2.05. The summed E-state index contributed by atoms with van der Waals surface area (Å²) in [6.45, 7) is 1.61. The van der Waals surface area contributed by atoms with E-state index in [4.69, 9.17) is 4.74 Å². The second-order valence-corrected chi connectivity index (χ2v) is 3.86. The fourth-order valence-electron chi connectivity index (χ4n) is 2.05. The number of nitrogens with one attached hydrogen (secondary N) is 1. The summed E-state index contributed by atoms with van der Waals surface area (Å²) in [5.41, 5.74) is 3.85. The van der Waals surface area contributed by atoms with Gasteiger partial charge in [-0.05, 0) is 11.6 Å². The lowest BCUT2D eigenvalue weighted by Gasteiger charge is -2.14. The number of hydrogen-bond donors (Lipinski definition) is 1. The van der Waals surface area contributed by atoms with Crippen molar-refractivity contribution in [1.29, 1.82) is 0 Å². The standard InChI is InChI=1S/C13H13NO/c1-2-6-13-10(4-1)8-12-11(9-15-13)5-3-7-14-12/h1-6,14H,7-9H2. The molecule has 3 rings (SSSR count). The molecule has 1 N–H and O–H groups in total. The van der Waals surface area contributed by atoms with E-state index in [2.05, 4.69) is 29.6 Å². The minimum absolute atomic E-state index is 0.676. The fraction of sp³-hybridized carbons (Fsp3) is 0.231. The van der Waals surface area contributed by atoms with Gasteiger partial charge in [0.1, 0.15) is 12.4 Å². The molecule has 0 spiro atoms. The van der Waals surface area contributed by atoms with Crippen LogP contribution in [0.25, 0.3) is 0 Å². The zero-order chi connectivity index (χ0) is 10.1. The minimum atomic E-state index is 0.676. The van der Waals surface area contributed by atoms with Crippen molar-refractivity contribution < 1.29 is 4.74 Å². The van der Waals surface area contributed by atoms with Gasteiger partial charge in [0.15, 0.2) is 0 Å². The molecule has 0 saturated carbocycles. The SMILES string of the molecule is C1=CC2=C(Cc3ccccc3OC2)NC1. The highest BCUT2D eigenvalue weighted by atomic mass is 16.5. The first-order valence-electron chi connectivity index (χ1n) is 5.26. The molecule has 0 radical (unpaired) electrons. The van der Waals surface area contributed by atoms with Crippen LogP contribution in [0.5, 0.6) is 5.75 Å². The van der Waals surface area contributed by atoms with Crippen LogP contribution < -0.4 is 10.1 Å². The first-order chi connectivity index (χ1) is 7.43. The quantitative estimate of drug-likeness (QED) is 0.690. The van der Waals surface area contributed by atoms with E-state index in [0.717, 1.165) is 18.7 Å². The van der Waals surface area contributed by atoms with Crippen LogP contribution in [0.3, 0.4) is 0 Å². The average Bonchev–Trinajstić information content (AvgIpc) is 2.48. The van der Waals surface area contributed by atoms with Crippen LogP contribution in [-0.4, -0.2) is 13.2 Å². The molecular formula is C13H13NO. The van der Waals surface area contributed by atoms with Gasteiger partial charge in [-0.1, -0.05) is 30.4 Å². The molecule has 0 aromatic heterocycles. The normalized spacial score (nSPS) is 18.4. The van der Waals surface area contributed by atoms with Crippen molar-refractivity contribution in [2.75, 3.05) is 13.2 Å². The molecule has 2 aliphatic heterocycles. The number of ether oxygens (including phenoxy) is 1. The zero-order valence-corrected chi connectivity index (χ0v) is 8.49. The van der Waals surface area contributed by atoms with Gasteiger partial charge in [0.2, 0.25) is 0 Å². The summed E-state index contributed by atoms with van der Waals surface area (Å²) in [4.78, 5) is 0. The number of rotatable bonds is 0. The molecule has 0 saturated heterocycles. The van der Waals surface area contributed by atoms with Crippen LogP contribution in [-0.2, 0) is 6.42 Å². The number of fused-ring (bicyclic) bond motifs is 1. The molecule has 0 fully saturated rings. The molecule has 76 valence electrons. The first-order valence-corrected chi connectivity index (χ1v) is 5.26. The van der Waals surface area contributed by atoms with Gasteiger partial charge in [-0.2, -0.15) is 0 Å². The van der Waals surface area contributed by atoms with Crippen LogP contribution in [0.4, 0.5) is 0 Å². The van der Waals surface area contributed by atoms with Crippen molar-refractivity contribution in [3.63, 3.8) is 0 Å². The lowest BCUT2D eigenvalue weighted by Crippen LogP contribution is -2.20. The summed E-state index contributed by atoms with van der Waals surface area (Å²) >= 11 is 0. The molecule has 0 atom stereocenters. The number of dihydropyridines is 1. The van der Waals surface area contributed by atoms with Gasteiger partial charge >= 0.3 is 0 Å². The van der Waals surface area contributed by atoms with E-state index in [9.17, 15) is 0 Å². The number of allylic oxidation sites excluding steroid dienone is 1. The maximum atomic E-state index is 5.77. The van der Waals surface area contributed by atoms with Crippen molar-refractivity contribution in [2.45, 2.75) is 6.42 Å². The summed E-state index contributed by atoms with van der Waals surface area (Å²) in [6, 6.07) is 8.25. The third-order valence-corrected chi connectivity index (χ3v) is 2.86. The molecule has 2 heterocycles. The smallest absolute Gasteiger partial charge is 0.123 e. The molecule has 1 aromatic carbocycles. The van der Waals surface area contributed by atoms with E-state index < -0.39 is 0 Å². The summed E-state index contributed by atoms with van der Waals surface area (Å²) in [7, 11) is 0. The number of benzene rings is 1. The Morgan fingerprint density at radius 1 is 1.20 bits per heavy atom. The Hall–Kier alpha value is -1.70. The largest absolute Gasteiger partial charge is 0.489 e. The molecule has 2 heteroatoms. The van der Waals surface area contributed by atoms with E-state index in [1.807, 2.05) is 12.1 Å². The van der Waals surface area contributed by atoms with E-state index in [1.54, 1.807) is 0 Å². The molecular weight excluding hydrogens is 186 g/mol. The van der Waals surface area contributed by atoms with Crippen LogP contribution in [0, 0.1) is 0 Å². The van der Waals surface area contributed by atoms with Gasteiger partial charge in [-0.15, -0.1) is 0 Å². The molecule has 2 aliphatic rings. The second-order valence-electron chi connectivity index (χ2n) is 3.86. The third-order valence-electron chi connectivity index (χ3n) is 2.86. The van der Waals surface area contributed by atoms with Crippen LogP contribution >= 0.6 is 0 Å². The van der Waals surface area contributed by atoms with Crippen molar-refractivity contribution in [1.82, 2.24) is 5.32 Å². The van der Waals surface area contributed by atoms with Gasteiger partial charge < -0.3 is 10.1 Å². The Bertz CT molecular complexity index is 446. The molecule has 0 aliphatic carbocycles. The van der Waals surface area contributed by atoms with E-state index in [1.165, 1.54) is 16.8 Å². The molecule has 0 amide bonds. The average molecular weight is 199 g/mol. The zero-order valence-electron chi connectivity index (χ0n) is 8.49. The van der Waals surface area contributed by atoms with Crippen molar-refractivity contribution >= 4 is 0 Å². The van der Waals surface area contributed by atoms with E-state index >= 15 is 0 Å². The van der Waals surface area contributed by atoms with Crippen molar-refractivity contribution in [3.05, 3.63) is 53.3 Å². The monoisotopic (exact) mass is 199 g/mol. The Morgan fingerprint density at radius 3 is 3.13 bits per heavy atom. The van der Waals surface area contributed by atoms with E-state index in [0.29, 0.717) is 6.61 Å². The number of para-hydroxylation sites is 1. The van der Waals surface area contributed by atoms with Gasteiger partial charge in [0.25, 0.3) is 0 Å². The minimum Gasteiger partial charge on any atom is -0.489 e. The summed E-state index contributed by atoms with van der Waals surface area (Å²) in [5.74, 6) is 1.02. The second kappa shape index (κ2) is 3.46. The summed E-state index contributed by atoms with van der Waals surface area (Å²) < 4.78 is 5.77. The highest BCUT2D eigenvalue weighted by Gasteiger charge is 2.15. The Balaban J connectivity index is 2.01. The number of hydrogen-bond acceptors (Lipinski definition) is 2. The predicted molar refractivity (Wildman–Crippen MR) is 59.8 cm³/mol. The van der Waals surface area contributed by atoms with Crippen LogP contribution in [0.2, 0.25) is 0 Å². The Morgan fingerprint density at radius 2 is 2.13 bits per heavy atom. The van der Waals surface area contributed by atoms with Crippen molar-refractivity contribution in [3.8, 4) is 5.75 Å². The molecule has 15 heavy (non-hydrogen) atoms. The van der Waals surface area contributed by atoms with Gasteiger partial charge in [-0.3, -0.25) is 0 Å². The molecule has 1 aromatic rings. The first kappa shape index (κ1) is 8.60. The van der Waals surface area contributed by atoms with Gasteiger partial charge in [0.05, 0.1) is 0 Å². The van der Waals surface area contributed by atoms with Crippen LogP contribution in [0.1, 0.15) is 5.56 Å². The van der Waals surface area contributed by atoms with Gasteiger partial charge in [-0.25, -0.2) is 0 Å². The highest BCUT2D eigenvalue weighted by Crippen LogP contribution is 2.26. The lowest BCUT2D eigenvalue weighted by atomic mass is 10.0. The molecule has 0 bridgehead atoms. The topological polar surface area (TPSA) is 21.3 Å².